The van der Waals surface area contributed by atoms with E-state index in [0.29, 0.717) is 32.8 Å². The number of carbonyl (C=O) groups excluding carboxylic acids is 1. The zero-order valence-electron chi connectivity index (χ0n) is 18.5. The van der Waals surface area contributed by atoms with Crippen LogP contribution >= 0.6 is 0 Å². The van der Waals surface area contributed by atoms with E-state index in [2.05, 4.69) is 20.4 Å². The monoisotopic (exact) mass is 421 g/mol. The molecule has 0 saturated carbocycles. The molecular formula is C20H39NO8. The number of nitrogens with two attached hydrogens (primary N) is 1. The highest BCUT2D eigenvalue weighted by molar-refractivity contribution is 5.81. The first kappa shape index (κ1) is 27.9. The maximum absolute atomic E-state index is 10.9. The Labute approximate surface area is 174 Å². The average molecular weight is 422 g/mol. The van der Waals surface area contributed by atoms with Crippen molar-refractivity contribution in [3.8, 4) is 0 Å². The predicted octanol–water partition coefficient (Wildman–Crippen LogP) is 1.23. The Morgan fingerprint density at radius 1 is 1.07 bits per heavy atom. The van der Waals surface area contributed by atoms with Gasteiger partial charge in [0.05, 0.1) is 39.1 Å². The highest BCUT2D eigenvalue weighted by Gasteiger charge is 2.38. The lowest BCUT2D eigenvalue weighted by Crippen LogP contribution is -2.53. The van der Waals surface area contributed by atoms with Crippen LogP contribution < -0.4 is 5.73 Å². The Bertz CT molecular complexity index is 456. The molecule has 0 aliphatic heterocycles. The topological polar surface area (TPSA) is 119 Å². The van der Waals surface area contributed by atoms with Gasteiger partial charge in [-0.15, -0.1) is 0 Å². The Morgan fingerprint density at radius 3 is 2.24 bits per heavy atom. The van der Waals surface area contributed by atoms with E-state index < -0.39 is 17.8 Å². The lowest BCUT2D eigenvalue weighted by atomic mass is 9.79. The lowest BCUT2D eigenvalue weighted by molar-refractivity contribution is -0.150. The number of aliphatic hydroxyl groups excluding tert-OH is 1. The summed E-state index contributed by atoms with van der Waals surface area (Å²) in [5.41, 5.74) is 5.02. The van der Waals surface area contributed by atoms with E-state index in [1.54, 1.807) is 14.0 Å². The van der Waals surface area contributed by atoms with Crippen molar-refractivity contribution in [2.24, 2.45) is 11.1 Å². The number of aliphatic hydroxyl groups is 1. The number of carbonyl (C=O) groups is 1. The highest BCUT2D eigenvalue weighted by atomic mass is 16.6. The van der Waals surface area contributed by atoms with Gasteiger partial charge in [-0.3, -0.25) is 0 Å². The van der Waals surface area contributed by atoms with Crippen LogP contribution in [0.5, 0.6) is 0 Å². The van der Waals surface area contributed by atoms with Gasteiger partial charge in [-0.1, -0.05) is 20.4 Å². The second kappa shape index (κ2) is 14.8. The molecule has 0 aromatic carbocycles. The normalized spacial score (nSPS) is 16.1. The molecule has 0 bridgehead atoms. The number of hydrogen-bond acceptors (Lipinski definition) is 9. The molecular weight excluding hydrogens is 382 g/mol. The van der Waals surface area contributed by atoms with Gasteiger partial charge in [-0.2, -0.15) is 0 Å². The van der Waals surface area contributed by atoms with Crippen molar-refractivity contribution in [3.05, 3.63) is 12.7 Å². The maximum Gasteiger partial charge on any atom is 0.330 e. The van der Waals surface area contributed by atoms with Crippen LogP contribution in [-0.4, -0.2) is 82.6 Å². The molecule has 3 atom stereocenters. The summed E-state index contributed by atoms with van der Waals surface area (Å²) in [4.78, 5) is 10.9. The summed E-state index contributed by atoms with van der Waals surface area (Å²) < 4.78 is 32.3. The van der Waals surface area contributed by atoms with Crippen molar-refractivity contribution >= 4 is 5.97 Å². The molecule has 0 aromatic rings. The third-order valence-electron chi connectivity index (χ3n) is 4.76. The molecule has 0 fully saturated rings. The summed E-state index contributed by atoms with van der Waals surface area (Å²) in [5, 5.41) is 8.66. The van der Waals surface area contributed by atoms with Crippen molar-refractivity contribution in [3.63, 3.8) is 0 Å². The van der Waals surface area contributed by atoms with Gasteiger partial charge in [0.1, 0.15) is 25.2 Å². The second-order valence-corrected chi connectivity index (χ2v) is 7.47. The van der Waals surface area contributed by atoms with Crippen molar-refractivity contribution in [1.29, 1.82) is 0 Å². The number of methoxy groups -OCH3 is 1. The minimum absolute atomic E-state index is 0.0978. The summed E-state index contributed by atoms with van der Waals surface area (Å²) in [5.74, 6) is -0.481. The lowest BCUT2D eigenvalue weighted by Gasteiger charge is -2.40. The van der Waals surface area contributed by atoms with Crippen molar-refractivity contribution in [2.75, 3.05) is 53.5 Å². The van der Waals surface area contributed by atoms with Crippen molar-refractivity contribution in [2.45, 2.75) is 52.0 Å². The van der Waals surface area contributed by atoms with Crippen LogP contribution in [-0.2, 0) is 33.2 Å². The van der Waals surface area contributed by atoms with E-state index in [1.165, 1.54) is 0 Å². The van der Waals surface area contributed by atoms with Crippen molar-refractivity contribution < 1.29 is 38.3 Å². The van der Waals surface area contributed by atoms with E-state index in [4.69, 9.17) is 39.3 Å². The van der Waals surface area contributed by atoms with Gasteiger partial charge < -0.3 is 39.3 Å². The Kier molecular flexibility index (Phi) is 14.3. The average Bonchev–Trinajstić information content (AvgIpc) is 2.68. The molecule has 0 heterocycles. The fourth-order valence-corrected chi connectivity index (χ4v) is 2.39. The largest absolute Gasteiger partial charge is 0.460 e. The van der Waals surface area contributed by atoms with Gasteiger partial charge in [0.25, 0.3) is 0 Å². The first-order valence-electron chi connectivity index (χ1n) is 9.73. The standard InChI is InChI=1S/C20H39NO8/c1-7-18(23)29-13-9-25-8-12-28-17(20(5,21)24-6)14-19(3,4)16(2)27-11-10-26-15-22/h7,16-17,22H,1,8-15,21H2,2-6H3. The summed E-state index contributed by atoms with van der Waals surface area (Å²) in [7, 11) is 1.54. The molecule has 0 aliphatic carbocycles. The van der Waals surface area contributed by atoms with E-state index in [9.17, 15) is 4.79 Å². The maximum atomic E-state index is 10.9. The van der Waals surface area contributed by atoms with Gasteiger partial charge in [0.2, 0.25) is 0 Å². The van der Waals surface area contributed by atoms with Gasteiger partial charge in [0.15, 0.2) is 0 Å². The Hall–Kier alpha value is -1.07. The molecule has 9 heteroatoms. The first-order valence-corrected chi connectivity index (χ1v) is 9.73. The Morgan fingerprint density at radius 2 is 1.66 bits per heavy atom. The van der Waals surface area contributed by atoms with E-state index in [-0.39, 0.29) is 31.5 Å². The predicted molar refractivity (Wildman–Crippen MR) is 108 cm³/mol. The molecule has 0 amide bonds. The summed E-state index contributed by atoms with van der Waals surface area (Å²) in [6.07, 6.45) is 1.20. The zero-order chi connectivity index (χ0) is 22.3. The molecule has 172 valence electrons. The quantitative estimate of drug-likeness (QED) is 0.146. The minimum atomic E-state index is -0.990. The molecule has 0 rings (SSSR count). The number of esters is 1. The van der Waals surface area contributed by atoms with Crippen LogP contribution in [0.1, 0.15) is 34.1 Å². The molecule has 0 aliphatic rings. The highest BCUT2D eigenvalue weighted by Crippen LogP contribution is 2.33. The summed E-state index contributed by atoms with van der Waals surface area (Å²) >= 11 is 0. The summed E-state index contributed by atoms with van der Waals surface area (Å²) in [6.45, 7) is 12.6. The van der Waals surface area contributed by atoms with E-state index in [1.807, 2.05) is 6.92 Å². The molecule has 3 N–H and O–H groups in total. The Balaban J connectivity index is 4.51. The molecule has 29 heavy (non-hydrogen) atoms. The van der Waals surface area contributed by atoms with E-state index >= 15 is 0 Å². The third-order valence-corrected chi connectivity index (χ3v) is 4.76. The van der Waals surface area contributed by atoms with Gasteiger partial charge in [-0.05, 0) is 25.7 Å². The minimum Gasteiger partial charge on any atom is -0.460 e. The van der Waals surface area contributed by atoms with Crippen LogP contribution in [0.25, 0.3) is 0 Å². The van der Waals surface area contributed by atoms with Gasteiger partial charge in [-0.25, -0.2) is 4.79 Å². The van der Waals surface area contributed by atoms with Gasteiger partial charge >= 0.3 is 5.97 Å². The number of hydrogen-bond donors (Lipinski definition) is 2. The molecule has 9 nitrogen and oxygen atoms in total. The molecule has 0 spiro atoms. The molecule has 0 radical (unpaired) electrons. The third kappa shape index (κ3) is 12.3. The van der Waals surface area contributed by atoms with Gasteiger partial charge in [0, 0.05) is 13.2 Å². The summed E-state index contributed by atoms with van der Waals surface area (Å²) in [6, 6.07) is 0. The first-order chi connectivity index (χ1) is 13.6. The fourth-order valence-electron chi connectivity index (χ4n) is 2.39. The van der Waals surface area contributed by atoms with E-state index in [0.717, 1.165) is 6.08 Å². The van der Waals surface area contributed by atoms with Crippen molar-refractivity contribution in [1.82, 2.24) is 0 Å². The SMILES string of the molecule is C=CC(=O)OCCOCCOC(CC(C)(C)C(C)OCCOCO)C(C)(N)OC. The van der Waals surface area contributed by atoms with Crippen LogP contribution in [0, 0.1) is 5.41 Å². The molecule has 0 aromatic heterocycles. The smallest absolute Gasteiger partial charge is 0.330 e. The van der Waals surface area contributed by atoms with Crippen LogP contribution in [0.2, 0.25) is 0 Å². The van der Waals surface area contributed by atoms with Crippen LogP contribution in [0.3, 0.4) is 0 Å². The second-order valence-electron chi connectivity index (χ2n) is 7.47. The van der Waals surface area contributed by atoms with Crippen LogP contribution in [0.15, 0.2) is 12.7 Å². The van der Waals surface area contributed by atoms with Crippen LogP contribution in [0.4, 0.5) is 0 Å². The number of rotatable bonds is 18. The fraction of sp³-hybridized carbons (Fsp3) is 0.850. The molecule has 3 unspecified atom stereocenters. The number of ether oxygens (including phenoxy) is 6. The molecule has 0 saturated heterocycles. The zero-order valence-corrected chi connectivity index (χ0v) is 18.5.